The van der Waals surface area contributed by atoms with Crippen molar-refractivity contribution < 1.29 is 28.5 Å². The van der Waals surface area contributed by atoms with Crippen molar-refractivity contribution in [2.45, 2.75) is 38.7 Å². The van der Waals surface area contributed by atoms with Crippen LogP contribution in [0.4, 0.5) is 0 Å². The van der Waals surface area contributed by atoms with Crippen LogP contribution in [0.5, 0.6) is 11.5 Å². The zero-order chi connectivity index (χ0) is 25.8. The molecular formula is C27H25ClN2O6. The van der Waals surface area contributed by atoms with Crippen LogP contribution < -0.4 is 15.2 Å². The van der Waals surface area contributed by atoms with Gasteiger partial charge in [-0.3, -0.25) is 4.79 Å². The van der Waals surface area contributed by atoms with Gasteiger partial charge in [0.1, 0.15) is 17.9 Å². The minimum Gasteiger partial charge on any atom is -0.490 e. The Morgan fingerprint density at radius 1 is 1.25 bits per heavy atom. The monoisotopic (exact) mass is 508 g/mol. The molecule has 36 heavy (non-hydrogen) atoms. The predicted octanol–water partition coefficient (Wildman–Crippen LogP) is 4.65. The number of methoxy groups -OCH3 is 1. The van der Waals surface area contributed by atoms with E-state index < -0.39 is 11.9 Å². The van der Waals surface area contributed by atoms with E-state index in [1.54, 1.807) is 30.3 Å². The molecule has 1 atom stereocenters. The zero-order valence-corrected chi connectivity index (χ0v) is 20.7. The Labute approximate surface area is 213 Å². The highest BCUT2D eigenvalue weighted by atomic mass is 35.5. The molecular weight excluding hydrogens is 484 g/mol. The number of nitrogens with two attached hydrogens (primary N) is 1. The van der Waals surface area contributed by atoms with Crippen LogP contribution in [-0.2, 0) is 25.7 Å². The number of nitrogens with zero attached hydrogens (tertiary/aromatic N) is 1. The molecule has 0 amide bonds. The highest BCUT2D eigenvalue weighted by Crippen LogP contribution is 2.47. The Kier molecular flexibility index (Phi) is 7.51. The van der Waals surface area contributed by atoms with E-state index in [1.807, 2.05) is 13.0 Å². The lowest BCUT2D eigenvalue weighted by molar-refractivity contribution is -0.136. The Hall–Kier alpha value is -3.96. The van der Waals surface area contributed by atoms with Gasteiger partial charge in [-0.2, -0.15) is 5.26 Å². The van der Waals surface area contributed by atoms with E-state index >= 15 is 0 Å². The van der Waals surface area contributed by atoms with Crippen LogP contribution >= 0.6 is 11.6 Å². The largest absolute Gasteiger partial charge is 0.490 e. The molecule has 1 aliphatic carbocycles. The Morgan fingerprint density at radius 2 is 2.03 bits per heavy atom. The fourth-order valence-electron chi connectivity index (χ4n) is 4.46. The number of ketones is 1. The van der Waals surface area contributed by atoms with Gasteiger partial charge in [0, 0.05) is 24.0 Å². The lowest BCUT2D eigenvalue weighted by Crippen LogP contribution is -2.31. The fourth-order valence-corrected chi connectivity index (χ4v) is 4.73. The smallest absolute Gasteiger partial charge is 0.340 e. The van der Waals surface area contributed by atoms with Crippen LogP contribution in [0, 0.1) is 11.3 Å². The third-order valence-electron chi connectivity index (χ3n) is 6.06. The van der Waals surface area contributed by atoms with E-state index in [9.17, 15) is 14.9 Å². The maximum atomic E-state index is 13.0. The Balaban J connectivity index is 1.80. The summed E-state index contributed by atoms with van der Waals surface area (Å²) >= 11 is 6.67. The first-order valence-corrected chi connectivity index (χ1v) is 11.9. The maximum Gasteiger partial charge on any atom is 0.340 e. The van der Waals surface area contributed by atoms with Gasteiger partial charge in [0.2, 0.25) is 5.88 Å². The average Bonchev–Trinajstić information content (AvgIpc) is 2.87. The summed E-state index contributed by atoms with van der Waals surface area (Å²) in [5.41, 5.74) is 8.23. The second-order valence-corrected chi connectivity index (χ2v) is 8.65. The first-order valence-electron chi connectivity index (χ1n) is 11.5. The summed E-state index contributed by atoms with van der Waals surface area (Å²) in [7, 11) is 1.24. The van der Waals surface area contributed by atoms with Crippen LogP contribution in [0.15, 0.2) is 59.2 Å². The number of allylic oxidation sites excluding steroid dienone is 2. The number of carbonyl (C=O) groups excluding carboxylic acids is 2. The van der Waals surface area contributed by atoms with Crippen molar-refractivity contribution in [3.8, 4) is 17.6 Å². The summed E-state index contributed by atoms with van der Waals surface area (Å²) in [5.74, 6) is -0.717. The number of hydrogen-bond acceptors (Lipinski definition) is 8. The molecule has 0 saturated heterocycles. The molecule has 8 nitrogen and oxygen atoms in total. The molecule has 0 aromatic heterocycles. The van der Waals surface area contributed by atoms with Gasteiger partial charge in [0.05, 0.1) is 36.3 Å². The molecule has 2 aromatic rings. The minimum atomic E-state index is -0.834. The maximum absolute atomic E-state index is 13.0. The van der Waals surface area contributed by atoms with Gasteiger partial charge in [0.15, 0.2) is 17.3 Å². The molecule has 0 bridgehead atoms. The van der Waals surface area contributed by atoms with Gasteiger partial charge in [0.25, 0.3) is 0 Å². The van der Waals surface area contributed by atoms with Crippen molar-refractivity contribution in [1.29, 1.82) is 5.26 Å². The number of rotatable bonds is 7. The van der Waals surface area contributed by atoms with Crippen molar-refractivity contribution in [2.24, 2.45) is 5.73 Å². The number of esters is 1. The second kappa shape index (κ2) is 10.8. The van der Waals surface area contributed by atoms with E-state index in [2.05, 4.69) is 6.07 Å². The van der Waals surface area contributed by atoms with Crippen LogP contribution in [0.2, 0.25) is 5.02 Å². The van der Waals surface area contributed by atoms with Gasteiger partial charge >= 0.3 is 5.97 Å². The van der Waals surface area contributed by atoms with Crippen molar-refractivity contribution in [3.05, 3.63) is 80.9 Å². The van der Waals surface area contributed by atoms with Gasteiger partial charge in [-0.15, -0.1) is 0 Å². The van der Waals surface area contributed by atoms with E-state index in [0.29, 0.717) is 59.6 Å². The number of halogens is 1. The lowest BCUT2D eigenvalue weighted by atomic mass is 9.77. The van der Waals surface area contributed by atoms with E-state index in [4.69, 9.17) is 36.3 Å². The van der Waals surface area contributed by atoms with Crippen molar-refractivity contribution in [3.63, 3.8) is 0 Å². The van der Waals surface area contributed by atoms with E-state index in [0.717, 1.165) is 0 Å². The molecule has 0 unspecified atom stereocenters. The number of ether oxygens (including phenoxy) is 4. The molecule has 2 aliphatic rings. The van der Waals surface area contributed by atoms with Crippen LogP contribution in [0.25, 0.3) is 0 Å². The highest BCUT2D eigenvalue weighted by Gasteiger charge is 2.41. The summed E-state index contributed by atoms with van der Waals surface area (Å²) in [6, 6.07) is 12.5. The molecule has 186 valence electrons. The molecule has 0 saturated carbocycles. The standard InChI is InChI=1S/C27H25ClN2O6/c1-3-34-21-12-17(11-18(28)25(21)35-14-16-8-5-4-7-15(16)13-29)22-23-19(31)9-6-10-20(23)36-26(30)24(22)27(32)33-2/h4-5,7-8,11-12,22H,3,6,9-10,14,30H2,1-2H3/t22-/m0/s1. The quantitative estimate of drug-likeness (QED) is 0.536. The third-order valence-corrected chi connectivity index (χ3v) is 6.35. The second-order valence-electron chi connectivity index (χ2n) is 8.24. The fraction of sp³-hybridized carbons (Fsp3) is 0.296. The summed E-state index contributed by atoms with van der Waals surface area (Å²) in [6.45, 7) is 2.22. The van der Waals surface area contributed by atoms with Crippen LogP contribution in [-0.4, -0.2) is 25.5 Å². The van der Waals surface area contributed by atoms with Crippen molar-refractivity contribution in [1.82, 2.24) is 0 Å². The first kappa shape index (κ1) is 25.1. The van der Waals surface area contributed by atoms with Crippen molar-refractivity contribution >= 4 is 23.4 Å². The molecule has 1 aliphatic heterocycles. The van der Waals surface area contributed by atoms with Gasteiger partial charge in [-0.25, -0.2) is 4.79 Å². The van der Waals surface area contributed by atoms with Crippen LogP contribution in [0.1, 0.15) is 48.8 Å². The number of benzene rings is 2. The van der Waals surface area contributed by atoms with E-state index in [-0.39, 0.29) is 34.6 Å². The Morgan fingerprint density at radius 3 is 2.75 bits per heavy atom. The van der Waals surface area contributed by atoms with Gasteiger partial charge < -0.3 is 24.7 Å². The van der Waals surface area contributed by atoms with E-state index in [1.165, 1.54) is 7.11 Å². The minimum absolute atomic E-state index is 0.0293. The Bertz CT molecular complexity index is 1320. The number of Topliss-reactive ketones (excluding diaryl/α,β-unsaturated/α-hetero) is 1. The SMILES string of the molecule is CCOc1cc([C@@H]2C(C(=O)OC)=C(N)OC3=C2C(=O)CCC3)cc(Cl)c1OCc1ccccc1C#N. The lowest BCUT2D eigenvalue weighted by Gasteiger charge is -2.32. The number of carbonyl (C=O) groups is 2. The highest BCUT2D eigenvalue weighted by molar-refractivity contribution is 6.32. The van der Waals surface area contributed by atoms with Crippen LogP contribution in [0.3, 0.4) is 0 Å². The van der Waals surface area contributed by atoms with Gasteiger partial charge in [-0.05, 0) is 37.1 Å². The molecule has 2 aromatic carbocycles. The first-order chi connectivity index (χ1) is 17.4. The number of nitriles is 1. The molecule has 0 spiro atoms. The molecule has 0 fully saturated rings. The molecule has 0 radical (unpaired) electrons. The number of hydrogen-bond donors (Lipinski definition) is 1. The molecule has 4 rings (SSSR count). The summed E-state index contributed by atoms with van der Waals surface area (Å²) in [5, 5.41) is 9.58. The normalized spacial score (nSPS) is 17.2. The molecule has 1 heterocycles. The molecule has 2 N–H and O–H groups in total. The zero-order valence-electron chi connectivity index (χ0n) is 19.9. The molecule has 9 heteroatoms. The summed E-state index contributed by atoms with van der Waals surface area (Å²) in [4.78, 5) is 25.7. The third kappa shape index (κ3) is 4.75. The average molecular weight is 509 g/mol. The predicted molar refractivity (Wildman–Crippen MR) is 131 cm³/mol. The van der Waals surface area contributed by atoms with Gasteiger partial charge in [-0.1, -0.05) is 29.8 Å². The summed E-state index contributed by atoms with van der Waals surface area (Å²) in [6.07, 6.45) is 1.49. The summed E-state index contributed by atoms with van der Waals surface area (Å²) < 4.78 is 22.5. The topological polar surface area (TPSA) is 121 Å². The van der Waals surface area contributed by atoms with Crippen molar-refractivity contribution in [2.75, 3.05) is 13.7 Å².